The Labute approximate surface area is 130 Å². The first kappa shape index (κ1) is 16.1. The van der Waals surface area contributed by atoms with Crippen molar-refractivity contribution in [3.63, 3.8) is 0 Å². The van der Waals surface area contributed by atoms with E-state index in [1.165, 1.54) is 0 Å². The Balaban J connectivity index is 2.05. The number of fused-ring (bicyclic) bond motifs is 1. The predicted octanol–water partition coefficient (Wildman–Crippen LogP) is 4.18. The van der Waals surface area contributed by atoms with Gasteiger partial charge >= 0.3 is 6.09 Å². The topological polar surface area (TPSA) is 51.7 Å². The summed E-state index contributed by atoms with van der Waals surface area (Å²) in [6, 6.07) is 9.19. The number of carbonyl (C=O) groups excluding carboxylic acids is 1. The highest BCUT2D eigenvalue weighted by molar-refractivity contribution is 5.79. The van der Waals surface area contributed by atoms with E-state index in [1.54, 1.807) is 23.2 Å². The second-order valence-corrected chi connectivity index (χ2v) is 6.11. The minimum absolute atomic E-state index is 0.318. The summed E-state index contributed by atoms with van der Waals surface area (Å²) in [7, 11) is 0. The molecule has 0 aliphatic carbocycles. The molecule has 0 saturated heterocycles. The highest BCUT2D eigenvalue weighted by atomic mass is 17.2. The molecule has 2 aromatic rings. The number of carbonyl (C=O) groups is 1. The van der Waals surface area contributed by atoms with Gasteiger partial charge in [-0.25, -0.2) is 9.68 Å². The molecule has 0 spiro atoms. The number of rotatable bonds is 4. The van der Waals surface area contributed by atoms with Gasteiger partial charge in [0.2, 0.25) is 0 Å². The molecular weight excluding hydrogens is 280 g/mol. The van der Waals surface area contributed by atoms with Gasteiger partial charge in [0.1, 0.15) is 0 Å². The van der Waals surface area contributed by atoms with Crippen molar-refractivity contribution >= 4 is 17.0 Å². The summed E-state index contributed by atoms with van der Waals surface area (Å²) in [6.45, 7) is 8.52. The van der Waals surface area contributed by atoms with Crippen molar-refractivity contribution in [3.8, 4) is 5.75 Å². The molecule has 1 amide bonds. The van der Waals surface area contributed by atoms with E-state index in [-0.39, 0.29) is 5.54 Å². The van der Waals surface area contributed by atoms with E-state index in [4.69, 9.17) is 9.78 Å². The average Bonchev–Trinajstić information content (AvgIpc) is 2.49. The molecule has 0 aliphatic heterocycles. The van der Waals surface area contributed by atoms with E-state index in [2.05, 4.69) is 4.98 Å². The predicted molar refractivity (Wildman–Crippen MR) is 85.6 cm³/mol. The van der Waals surface area contributed by atoms with E-state index < -0.39 is 6.09 Å². The molecule has 1 aromatic carbocycles. The number of benzene rings is 1. The maximum absolute atomic E-state index is 12.2. The third-order valence-corrected chi connectivity index (χ3v) is 3.26. The number of hydrogen-bond donors (Lipinski definition) is 0. The van der Waals surface area contributed by atoms with E-state index in [9.17, 15) is 4.79 Å². The number of aromatic nitrogens is 1. The lowest BCUT2D eigenvalue weighted by Crippen LogP contribution is -2.46. The number of nitrogens with zero attached hydrogens (tertiary/aromatic N) is 2. The Morgan fingerprint density at radius 1 is 1.27 bits per heavy atom. The molecule has 0 atom stereocenters. The van der Waals surface area contributed by atoms with Crippen LogP contribution in [-0.4, -0.2) is 28.1 Å². The molecule has 0 unspecified atom stereocenters. The van der Waals surface area contributed by atoms with Crippen molar-refractivity contribution in [2.75, 3.05) is 6.54 Å². The van der Waals surface area contributed by atoms with E-state index >= 15 is 0 Å². The standard InChI is InChI=1S/C17H22N2O3/c1-5-11-19(17(2,3)4)16(20)22-21-14-9-8-13-7-6-10-18-15(13)12-14/h6-10,12H,5,11H2,1-4H3. The van der Waals surface area contributed by atoms with E-state index in [0.717, 1.165) is 17.3 Å². The summed E-state index contributed by atoms with van der Waals surface area (Å²) in [4.78, 5) is 28.2. The number of hydrogen-bond acceptors (Lipinski definition) is 4. The minimum atomic E-state index is -0.490. The van der Waals surface area contributed by atoms with Crippen LogP contribution in [-0.2, 0) is 4.89 Å². The van der Waals surface area contributed by atoms with Crippen LogP contribution in [0.5, 0.6) is 5.75 Å². The third-order valence-electron chi connectivity index (χ3n) is 3.26. The molecule has 22 heavy (non-hydrogen) atoms. The fourth-order valence-corrected chi connectivity index (χ4v) is 2.15. The monoisotopic (exact) mass is 302 g/mol. The normalized spacial score (nSPS) is 11.3. The third kappa shape index (κ3) is 3.87. The Bertz CT molecular complexity index is 650. The van der Waals surface area contributed by atoms with Gasteiger partial charge in [-0.1, -0.05) is 13.0 Å². The van der Waals surface area contributed by atoms with Crippen LogP contribution in [0.1, 0.15) is 34.1 Å². The summed E-state index contributed by atoms with van der Waals surface area (Å²) >= 11 is 0. The smallest absolute Gasteiger partial charge is 0.300 e. The lowest BCUT2D eigenvalue weighted by Gasteiger charge is -2.33. The quantitative estimate of drug-likeness (QED) is 0.628. The largest absolute Gasteiger partial charge is 0.453 e. The summed E-state index contributed by atoms with van der Waals surface area (Å²) in [5, 5.41) is 1.00. The Kier molecular flexibility index (Phi) is 4.85. The van der Waals surface area contributed by atoms with Gasteiger partial charge in [-0.15, -0.1) is 0 Å². The van der Waals surface area contributed by atoms with Gasteiger partial charge in [0.15, 0.2) is 5.75 Å². The van der Waals surface area contributed by atoms with Crippen molar-refractivity contribution in [2.24, 2.45) is 0 Å². The molecule has 0 saturated carbocycles. The lowest BCUT2D eigenvalue weighted by molar-refractivity contribution is -0.159. The van der Waals surface area contributed by atoms with Crippen LogP contribution in [0.25, 0.3) is 10.9 Å². The van der Waals surface area contributed by atoms with Crippen LogP contribution in [0, 0.1) is 0 Å². The molecule has 1 heterocycles. The van der Waals surface area contributed by atoms with E-state index in [0.29, 0.717) is 12.3 Å². The molecule has 0 N–H and O–H groups in total. The number of amides is 1. The SMILES string of the molecule is CCCN(C(=O)OOc1ccc2cccnc2c1)C(C)(C)C. The first-order valence-electron chi connectivity index (χ1n) is 7.42. The molecule has 5 nitrogen and oxygen atoms in total. The van der Waals surface area contributed by atoms with E-state index in [1.807, 2.05) is 45.9 Å². The molecule has 0 aliphatic rings. The van der Waals surface area contributed by atoms with Crippen molar-refractivity contribution in [2.45, 2.75) is 39.7 Å². The molecule has 118 valence electrons. The number of pyridine rings is 1. The van der Waals surface area contributed by atoms with Crippen LogP contribution >= 0.6 is 0 Å². The molecule has 2 rings (SSSR count). The molecule has 1 aromatic heterocycles. The van der Waals surface area contributed by atoms with Gasteiger partial charge in [-0.2, -0.15) is 0 Å². The van der Waals surface area contributed by atoms with Crippen molar-refractivity contribution in [3.05, 3.63) is 36.5 Å². The first-order chi connectivity index (χ1) is 10.4. The maximum atomic E-state index is 12.2. The van der Waals surface area contributed by atoms with Gasteiger partial charge in [-0.3, -0.25) is 9.87 Å². The highest BCUT2D eigenvalue weighted by Crippen LogP contribution is 2.20. The molecular formula is C17H22N2O3. The zero-order chi connectivity index (χ0) is 16.2. The highest BCUT2D eigenvalue weighted by Gasteiger charge is 2.28. The Morgan fingerprint density at radius 2 is 2.05 bits per heavy atom. The molecule has 5 heteroatoms. The summed E-state index contributed by atoms with van der Waals surface area (Å²) in [6.07, 6.45) is 2.07. The molecule has 0 bridgehead atoms. The van der Waals surface area contributed by atoms with Crippen molar-refractivity contribution < 1.29 is 14.6 Å². The van der Waals surface area contributed by atoms with Gasteiger partial charge in [-0.05, 0) is 45.4 Å². The minimum Gasteiger partial charge on any atom is -0.300 e. The second kappa shape index (κ2) is 6.64. The zero-order valence-corrected chi connectivity index (χ0v) is 13.5. The zero-order valence-electron chi connectivity index (χ0n) is 13.5. The Hall–Kier alpha value is -2.30. The summed E-state index contributed by atoms with van der Waals surface area (Å²) in [5.41, 5.74) is 0.471. The van der Waals surface area contributed by atoms with Crippen molar-refractivity contribution in [1.29, 1.82) is 0 Å². The van der Waals surface area contributed by atoms with Crippen LogP contribution in [0.2, 0.25) is 0 Å². The van der Waals surface area contributed by atoms with Crippen LogP contribution < -0.4 is 4.89 Å². The Morgan fingerprint density at radius 3 is 2.73 bits per heavy atom. The summed E-state index contributed by atoms with van der Waals surface area (Å²) < 4.78 is 0. The van der Waals surface area contributed by atoms with Crippen LogP contribution in [0.15, 0.2) is 36.5 Å². The van der Waals surface area contributed by atoms with Gasteiger partial charge in [0, 0.05) is 29.7 Å². The van der Waals surface area contributed by atoms with Crippen molar-refractivity contribution in [1.82, 2.24) is 9.88 Å². The van der Waals surface area contributed by atoms with Gasteiger partial charge < -0.3 is 4.90 Å². The fourth-order valence-electron chi connectivity index (χ4n) is 2.15. The maximum Gasteiger partial charge on any atom is 0.453 e. The lowest BCUT2D eigenvalue weighted by atomic mass is 10.1. The molecule has 0 radical (unpaired) electrons. The summed E-state index contributed by atoms with van der Waals surface area (Å²) in [5.74, 6) is 0.449. The van der Waals surface area contributed by atoms with Crippen LogP contribution in [0.4, 0.5) is 4.79 Å². The second-order valence-electron chi connectivity index (χ2n) is 6.11. The van der Waals surface area contributed by atoms with Gasteiger partial charge in [0.25, 0.3) is 0 Å². The first-order valence-corrected chi connectivity index (χ1v) is 7.42. The average molecular weight is 302 g/mol. The van der Waals surface area contributed by atoms with Gasteiger partial charge in [0.05, 0.1) is 5.52 Å². The van der Waals surface area contributed by atoms with Crippen LogP contribution in [0.3, 0.4) is 0 Å². The fraction of sp³-hybridized carbons (Fsp3) is 0.412. The molecule has 0 fully saturated rings.